The fourth-order valence-electron chi connectivity index (χ4n) is 2.44. The molecule has 0 aliphatic rings. The number of hydrogen-bond acceptors (Lipinski definition) is 2. The molecule has 3 rings (SSSR count). The Labute approximate surface area is 169 Å². The van der Waals surface area contributed by atoms with E-state index in [4.69, 9.17) is 11.6 Å². The lowest BCUT2D eigenvalue weighted by atomic mass is 10.1. The first-order chi connectivity index (χ1) is 13.7. The van der Waals surface area contributed by atoms with E-state index in [0.717, 1.165) is 12.1 Å². The summed E-state index contributed by atoms with van der Waals surface area (Å²) < 4.78 is 38.5. The van der Waals surface area contributed by atoms with Crippen molar-refractivity contribution < 1.29 is 23.1 Å². The Morgan fingerprint density at radius 1 is 0.931 bits per heavy atom. The van der Waals surface area contributed by atoms with Crippen LogP contribution in [-0.4, -0.2) is 11.0 Å². The van der Waals surface area contributed by atoms with E-state index in [2.05, 4.69) is 17.2 Å². The van der Waals surface area contributed by atoms with Gasteiger partial charge in [0, 0.05) is 21.8 Å². The number of amides is 1. The zero-order chi connectivity index (χ0) is 21.0. The quantitative estimate of drug-likeness (QED) is 0.526. The summed E-state index contributed by atoms with van der Waals surface area (Å²) in [6, 6.07) is 15.3. The van der Waals surface area contributed by atoms with Crippen molar-refractivity contribution in [2.75, 3.05) is 5.32 Å². The van der Waals surface area contributed by atoms with Crippen molar-refractivity contribution in [3.8, 4) is 17.6 Å². The van der Waals surface area contributed by atoms with E-state index in [1.54, 1.807) is 24.3 Å². The van der Waals surface area contributed by atoms with Gasteiger partial charge in [-0.15, -0.1) is 0 Å². The molecule has 0 spiro atoms. The predicted octanol–water partition coefficient (Wildman–Crippen LogP) is 5.72. The number of carbonyl (C=O) groups excluding carboxylic acids is 1. The molecule has 0 aliphatic heterocycles. The van der Waals surface area contributed by atoms with E-state index in [0.29, 0.717) is 16.1 Å². The van der Waals surface area contributed by atoms with Crippen LogP contribution >= 0.6 is 11.6 Å². The first-order valence-electron chi connectivity index (χ1n) is 8.31. The molecule has 3 nitrogen and oxygen atoms in total. The molecule has 0 saturated carbocycles. The molecule has 3 aromatic rings. The number of hydrogen-bond donors (Lipinski definition) is 2. The molecule has 7 heteroatoms. The minimum absolute atomic E-state index is 0.0399. The highest BCUT2D eigenvalue weighted by atomic mass is 35.5. The highest BCUT2D eigenvalue weighted by Gasteiger charge is 2.30. The smallest absolute Gasteiger partial charge is 0.416 e. The Morgan fingerprint density at radius 3 is 2.28 bits per heavy atom. The normalized spacial score (nSPS) is 10.8. The summed E-state index contributed by atoms with van der Waals surface area (Å²) >= 11 is 5.82. The van der Waals surface area contributed by atoms with Gasteiger partial charge < -0.3 is 10.4 Å². The fraction of sp³-hybridized carbons (Fsp3) is 0.0455. The van der Waals surface area contributed by atoms with Gasteiger partial charge in [-0.2, -0.15) is 13.2 Å². The van der Waals surface area contributed by atoms with E-state index in [1.807, 2.05) is 0 Å². The van der Waals surface area contributed by atoms with E-state index in [-0.39, 0.29) is 17.0 Å². The van der Waals surface area contributed by atoms with Crippen LogP contribution in [0.4, 0.5) is 18.9 Å². The number of nitrogens with one attached hydrogen (secondary N) is 1. The van der Waals surface area contributed by atoms with Crippen molar-refractivity contribution in [1.29, 1.82) is 0 Å². The van der Waals surface area contributed by atoms with Crippen molar-refractivity contribution >= 4 is 23.2 Å². The van der Waals surface area contributed by atoms with Gasteiger partial charge >= 0.3 is 6.18 Å². The number of carbonyl (C=O) groups is 1. The molecule has 1 amide bonds. The maximum absolute atomic E-state index is 12.8. The van der Waals surface area contributed by atoms with Gasteiger partial charge in [-0.05, 0) is 60.7 Å². The number of anilines is 1. The third kappa shape index (κ3) is 5.31. The molecule has 146 valence electrons. The maximum atomic E-state index is 12.8. The molecule has 0 unspecified atom stereocenters. The maximum Gasteiger partial charge on any atom is 0.416 e. The molecular formula is C22H13ClF3NO2. The number of phenols is 1. The van der Waals surface area contributed by atoms with E-state index >= 15 is 0 Å². The molecule has 0 fully saturated rings. The second-order valence-electron chi connectivity index (χ2n) is 6.02. The van der Waals surface area contributed by atoms with Crippen molar-refractivity contribution in [3.63, 3.8) is 0 Å². The summed E-state index contributed by atoms with van der Waals surface area (Å²) in [5.41, 5.74) is 0.124. The lowest BCUT2D eigenvalue weighted by Crippen LogP contribution is -2.13. The van der Waals surface area contributed by atoms with Crippen LogP contribution in [0.25, 0.3) is 0 Å². The molecule has 0 radical (unpaired) electrons. The van der Waals surface area contributed by atoms with Crippen LogP contribution in [0.15, 0.2) is 66.7 Å². The average Bonchev–Trinajstić information content (AvgIpc) is 2.68. The predicted molar refractivity (Wildman–Crippen MR) is 105 cm³/mol. The van der Waals surface area contributed by atoms with Gasteiger partial charge in [0.15, 0.2) is 0 Å². The first kappa shape index (κ1) is 20.3. The molecule has 0 heterocycles. The Bertz CT molecular complexity index is 1110. The van der Waals surface area contributed by atoms with Crippen LogP contribution < -0.4 is 5.32 Å². The van der Waals surface area contributed by atoms with Crippen molar-refractivity contribution in [3.05, 3.63) is 94.0 Å². The standard InChI is InChI=1S/C22H13ClF3NO2/c23-17-9-6-14(7-10-17)4-5-15-8-11-20(28)19(12-15)21(29)27-18-3-1-2-16(13-18)22(24,25)26/h1-3,6-13,28H,(H,27,29). The Hall–Kier alpha value is -3.43. The van der Waals surface area contributed by atoms with Crippen LogP contribution in [0.3, 0.4) is 0 Å². The van der Waals surface area contributed by atoms with Gasteiger partial charge in [0.25, 0.3) is 5.91 Å². The zero-order valence-corrected chi connectivity index (χ0v) is 15.5. The number of halogens is 4. The summed E-state index contributed by atoms with van der Waals surface area (Å²) in [6.07, 6.45) is -4.53. The van der Waals surface area contributed by atoms with Crippen LogP contribution in [0, 0.1) is 11.8 Å². The van der Waals surface area contributed by atoms with Crippen molar-refractivity contribution in [2.45, 2.75) is 6.18 Å². The molecule has 2 N–H and O–H groups in total. The number of rotatable bonds is 2. The SMILES string of the molecule is O=C(Nc1cccc(C(F)(F)F)c1)c1cc(C#Cc2ccc(Cl)cc2)ccc1O. The summed E-state index contributed by atoms with van der Waals surface area (Å²) in [4.78, 5) is 12.4. The Kier molecular flexibility index (Phi) is 5.81. The minimum Gasteiger partial charge on any atom is -0.507 e. The van der Waals surface area contributed by atoms with Crippen molar-refractivity contribution in [2.24, 2.45) is 0 Å². The summed E-state index contributed by atoms with van der Waals surface area (Å²) in [7, 11) is 0. The van der Waals surface area contributed by atoms with Gasteiger partial charge in [-0.3, -0.25) is 4.79 Å². The molecule has 0 atom stereocenters. The number of benzene rings is 3. The first-order valence-corrected chi connectivity index (χ1v) is 8.69. The summed E-state index contributed by atoms with van der Waals surface area (Å²) in [5.74, 6) is 4.70. The largest absolute Gasteiger partial charge is 0.507 e. The lowest BCUT2D eigenvalue weighted by molar-refractivity contribution is -0.137. The van der Waals surface area contributed by atoms with Gasteiger partial charge in [-0.25, -0.2) is 0 Å². The minimum atomic E-state index is -4.53. The molecule has 3 aromatic carbocycles. The zero-order valence-electron chi connectivity index (χ0n) is 14.7. The van der Waals surface area contributed by atoms with E-state index < -0.39 is 17.6 Å². The summed E-state index contributed by atoms with van der Waals surface area (Å²) in [6.45, 7) is 0. The molecule has 29 heavy (non-hydrogen) atoms. The molecule has 0 bridgehead atoms. The number of aromatic hydroxyl groups is 1. The van der Waals surface area contributed by atoms with Gasteiger partial charge in [0.2, 0.25) is 0 Å². The second kappa shape index (κ2) is 8.29. The van der Waals surface area contributed by atoms with Gasteiger partial charge in [0.05, 0.1) is 11.1 Å². The number of alkyl halides is 3. The molecule has 0 aliphatic carbocycles. The highest BCUT2D eigenvalue weighted by molar-refractivity contribution is 6.30. The van der Waals surface area contributed by atoms with E-state index in [9.17, 15) is 23.1 Å². The Balaban J connectivity index is 1.83. The topological polar surface area (TPSA) is 49.3 Å². The fourth-order valence-corrected chi connectivity index (χ4v) is 2.57. The van der Waals surface area contributed by atoms with Gasteiger partial charge in [0.1, 0.15) is 5.75 Å². The van der Waals surface area contributed by atoms with Crippen LogP contribution in [0.5, 0.6) is 5.75 Å². The molecule has 0 aromatic heterocycles. The average molecular weight is 416 g/mol. The number of phenolic OH excluding ortho intramolecular Hbond substituents is 1. The monoisotopic (exact) mass is 415 g/mol. The second-order valence-corrected chi connectivity index (χ2v) is 6.46. The van der Waals surface area contributed by atoms with Crippen molar-refractivity contribution in [1.82, 2.24) is 0 Å². The van der Waals surface area contributed by atoms with E-state index in [1.165, 1.54) is 30.3 Å². The third-order valence-corrected chi connectivity index (χ3v) is 4.14. The molecule has 0 saturated heterocycles. The summed E-state index contributed by atoms with van der Waals surface area (Å²) in [5, 5.41) is 12.9. The van der Waals surface area contributed by atoms with Crippen LogP contribution in [0.1, 0.15) is 27.0 Å². The van der Waals surface area contributed by atoms with Crippen LogP contribution in [-0.2, 0) is 6.18 Å². The third-order valence-electron chi connectivity index (χ3n) is 3.88. The molecular weight excluding hydrogens is 403 g/mol. The highest BCUT2D eigenvalue weighted by Crippen LogP contribution is 2.31. The lowest BCUT2D eigenvalue weighted by Gasteiger charge is -2.10. The van der Waals surface area contributed by atoms with Crippen LogP contribution in [0.2, 0.25) is 5.02 Å². The Morgan fingerprint density at radius 2 is 1.59 bits per heavy atom. The van der Waals surface area contributed by atoms with Gasteiger partial charge in [-0.1, -0.05) is 29.5 Å².